The molecule has 1 atom stereocenters. The lowest BCUT2D eigenvalue weighted by Crippen LogP contribution is -1.93. The van der Waals surface area contributed by atoms with Crippen molar-refractivity contribution in [3.8, 4) is 11.4 Å². The smallest absolute Gasteiger partial charge is 0.140 e. The Morgan fingerprint density at radius 2 is 1.85 bits per heavy atom. The van der Waals surface area contributed by atoms with E-state index in [4.69, 9.17) is 11.6 Å². The molecule has 0 fully saturated rings. The minimum atomic E-state index is -0.961. The van der Waals surface area contributed by atoms with Crippen LogP contribution in [0.1, 0.15) is 0 Å². The zero-order valence-corrected chi connectivity index (χ0v) is 12.7. The molecule has 0 aliphatic rings. The van der Waals surface area contributed by atoms with Crippen molar-refractivity contribution >= 4 is 33.4 Å². The number of rotatable bonds is 2. The topological polar surface area (TPSA) is 34.9 Å². The zero-order chi connectivity index (χ0) is 14.3. The predicted molar refractivity (Wildman–Crippen MR) is 83.5 cm³/mol. The third-order valence-corrected chi connectivity index (χ3v) is 4.46. The Hall–Kier alpha value is -1.65. The zero-order valence-electron chi connectivity index (χ0n) is 11.1. The number of halogens is 1. The molecule has 0 aliphatic carbocycles. The normalized spacial score (nSPS) is 12.8. The van der Waals surface area contributed by atoms with Crippen LogP contribution < -0.4 is 0 Å². The fraction of sp³-hybridized carbons (Fsp3) is 0.133. The number of aryl methyl sites for hydroxylation is 1. The number of nitrogens with zero attached hydrogens (tertiary/aromatic N) is 2. The standard InChI is InChI=1S/C15H13ClN2OS/c1-18-14-8-5-11(16)9-13(14)17-15(18)10-3-6-12(7-4-10)20(2)19/h3-9H,1-2H3/t20-/m0/s1. The molecule has 3 nitrogen and oxygen atoms in total. The highest BCUT2D eigenvalue weighted by molar-refractivity contribution is 7.84. The van der Waals surface area contributed by atoms with E-state index in [2.05, 4.69) is 4.98 Å². The largest absolute Gasteiger partial charge is 0.327 e. The predicted octanol–water partition coefficient (Wildman–Crippen LogP) is 3.63. The molecular weight excluding hydrogens is 292 g/mol. The fourth-order valence-corrected chi connectivity index (χ4v) is 2.91. The molecule has 5 heteroatoms. The van der Waals surface area contributed by atoms with Gasteiger partial charge in [-0.15, -0.1) is 0 Å². The molecule has 0 bridgehead atoms. The van der Waals surface area contributed by atoms with E-state index < -0.39 is 10.8 Å². The van der Waals surface area contributed by atoms with Crippen molar-refractivity contribution in [2.75, 3.05) is 6.26 Å². The van der Waals surface area contributed by atoms with Gasteiger partial charge in [-0.1, -0.05) is 23.7 Å². The van der Waals surface area contributed by atoms with E-state index in [0.717, 1.165) is 27.3 Å². The van der Waals surface area contributed by atoms with E-state index in [9.17, 15) is 4.21 Å². The van der Waals surface area contributed by atoms with Gasteiger partial charge < -0.3 is 4.57 Å². The van der Waals surface area contributed by atoms with Crippen LogP contribution in [0.2, 0.25) is 5.02 Å². The number of aromatic nitrogens is 2. The van der Waals surface area contributed by atoms with Gasteiger partial charge in [0.1, 0.15) is 5.82 Å². The van der Waals surface area contributed by atoms with Crippen LogP contribution in [0.5, 0.6) is 0 Å². The van der Waals surface area contributed by atoms with Gasteiger partial charge in [0.2, 0.25) is 0 Å². The Labute approximate surface area is 124 Å². The molecule has 1 heterocycles. The second kappa shape index (κ2) is 5.04. The maximum absolute atomic E-state index is 11.4. The van der Waals surface area contributed by atoms with E-state index in [-0.39, 0.29) is 0 Å². The van der Waals surface area contributed by atoms with E-state index in [0.29, 0.717) is 5.02 Å². The number of imidazole rings is 1. The first-order chi connectivity index (χ1) is 9.56. The van der Waals surface area contributed by atoms with Gasteiger partial charge in [-0.25, -0.2) is 4.98 Å². The minimum absolute atomic E-state index is 0.680. The van der Waals surface area contributed by atoms with Gasteiger partial charge in [0.25, 0.3) is 0 Å². The molecule has 0 N–H and O–H groups in total. The second-order valence-electron chi connectivity index (χ2n) is 4.61. The van der Waals surface area contributed by atoms with Crippen LogP contribution >= 0.6 is 11.6 Å². The lowest BCUT2D eigenvalue weighted by Gasteiger charge is -2.03. The Kier molecular flexibility index (Phi) is 3.36. The van der Waals surface area contributed by atoms with E-state index in [1.807, 2.05) is 54.1 Å². The molecule has 0 spiro atoms. The number of benzene rings is 2. The van der Waals surface area contributed by atoms with Crippen molar-refractivity contribution in [2.45, 2.75) is 4.90 Å². The van der Waals surface area contributed by atoms with Crippen LogP contribution in [0.3, 0.4) is 0 Å². The summed E-state index contributed by atoms with van der Waals surface area (Å²) in [6.07, 6.45) is 1.67. The third-order valence-electron chi connectivity index (χ3n) is 3.29. The molecule has 0 amide bonds. The summed E-state index contributed by atoms with van der Waals surface area (Å²) in [5.41, 5.74) is 2.90. The van der Waals surface area contributed by atoms with Crippen LogP contribution in [0, 0.1) is 0 Å². The van der Waals surface area contributed by atoms with Crippen molar-refractivity contribution < 1.29 is 4.21 Å². The molecule has 0 saturated heterocycles. The van der Waals surface area contributed by atoms with Gasteiger partial charge in [-0.3, -0.25) is 4.21 Å². The molecular formula is C15H13ClN2OS. The maximum Gasteiger partial charge on any atom is 0.140 e. The van der Waals surface area contributed by atoms with Crippen molar-refractivity contribution in [2.24, 2.45) is 7.05 Å². The summed E-state index contributed by atoms with van der Waals surface area (Å²) < 4.78 is 13.4. The highest BCUT2D eigenvalue weighted by atomic mass is 35.5. The maximum atomic E-state index is 11.4. The van der Waals surface area contributed by atoms with Crippen LogP contribution in [-0.2, 0) is 17.8 Å². The van der Waals surface area contributed by atoms with Crippen LogP contribution in [0.15, 0.2) is 47.4 Å². The van der Waals surface area contributed by atoms with E-state index in [1.165, 1.54) is 0 Å². The van der Waals surface area contributed by atoms with Gasteiger partial charge >= 0.3 is 0 Å². The Balaban J connectivity index is 2.14. The van der Waals surface area contributed by atoms with Crippen molar-refractivity contribution in [1.29, 1.82) is 0 Å². The van der Waals surface area contributed by atoms with Gasteiger partial charge in [0.05, 0.1) is 11.0 Å². The van der Waals surface area contributed by atoms with Crippen LogP contribution in [0.25, 0.3) is 22.4 Å². The monoisotopic (exact) mass is 304 g/mol. The number of fused-ring (bicyclic) bond motifs is 1. The first kappa shape index (κ1) is 13.3. The number of hydrogen-bond donors (Lipinski definition) is 0. The highest BCUT2D eigenvalue weighted by Crippen LogP contribution is 2.26. The molecule has 2 aromatic carbocycles. The summed E-state index contributed by atoms with van der Waals surface area (Å²) in [5.74, 6) is 0.871. The van der Waals surface area contributed by atoms with Crippen LogP contribution in [-0.4, -0.2) is 20.0 Å². The summed E-state index contributed by atoms with van der Waals surface area (Å²) in [6.45, 7) is 0. The molecule has 0 unspecified atom stereocenters. The molecule has 3 aromatic rings. The van der Waals surface area contributed by atoms with Crippen molar-refractivity contribution in [3.05, 3.63) is 47.5 Å². The Morgan fingerprint density at radius 3 is 2.50 bits per heavy atom. The average Bonchev–Trinajstić information content (AvgIpc) is 2.75. The molecule has 20 heavy (non-hydrogen) atoms. The molecule has 0 aliphatic heterocycles. The first-order valence-corrected chi connectivity index (χ1v) is 8.06. The molecule has 1 aromatic heterocycles. The van der Waals surface area contributed by atoms with E-state index in [1.54, 1.807) is 6.26 Å². The first-order valence-electron chi connectivity index (χ1n) is 6.12. The average molecular weight is 305 g/mol. The third kappa shape index (κ3) is 2.25. The SMILES string of the molecule is Cn1c(-c2ccc([S@](C)=O)cc2)nc2cc(Cl)ccc21. The Morgan fingerprint density at radius 1 is 1.15 bits per heavy atom. The fourth-order valence-electron chi connectivity index (χ4n) is 2.23. The summed E-state index contributed by atoms with van der Waals surface area (Å²) in [6, 6.07) is 13.3. The minimum Gasteiger partial charge on any atom is -0.327 e. The summed E-state index contributed by atoms with van der Waals surface area (Å²) in [5, 5.41) is 0.680. The van der Waals surface area contributed by atoms with Crippen molar-refractivity contribution in [3.63, 3.8) is 0 Å². The highest BCUT2D eigenvalue weighted by Gasteiger charge is 2.10. The van der Waals surface area contributed by atoms with Crippen LogP contribution in [0.4, 0.5) is 0 Å². The molecule has 0 radical (unpaired) electrons. The lowest BCUT2D eigenvalue weighted by molar-refractivity contribution is 0.687. The van der Waals surface area contributed by atoms with E-state index >= 15 is 0 Å². The van der Waals surface area contributed by atoms with Gasteiger partial charge in [0.15, 0.2) is 0 Å². The molecule has 0 saturated carbocycles. The quantitative estimate of drug-likeness (QED) is 0.724. The van der Waals surface area contributed by atoms with Crippen molar-refractivity contribution in [1.82, 2.24) is 9.55 Å². The molecule has 3 rings (SSSR count). The van der Waals surface area contributed by atoms with Gasteiger partial charge in [-0.2, -0.15) is 0 Å². The Bertz CT molecular complexity index is 809. The van der Waals surface area contributed by atoms with Gasteiger partial charge in [-0.05, 0) is 30.3 Å². The summed E-state index contributed by atoms with van der Waals surface area (Å²) in [7, 11) is 1.02. The second-order valence-corrected chi connectivity index (χ2v) is 6.42. The summed E-state index contributed by atoms with van der Waals surface area (Å²) in [4.78, 5) is 5.44. The van der Waals surface area contributed by atoms with Gasteiger partial charge in [0, 0.05) is 39.6 Å². The lowest BCUT2D eigenvalue weighted by atomic mass is 10.2. The number of hydrogen-bond acceptors (Lipinski definition) is 2. The summed E-state index contributed by atoms with van der Waals surface area (Å²) >= 11 is 6.00. The molecule has 102 valence electrons.